The molecule has 4 rings (SSSR count). The van der Waals surface area contributed by atoms with E-state index < -0.39 is 0 Å². The summed E-state index contributed by atoms with van der Waals surface area (Å²) in [6, 6.07) is 8.17. The third kappa shape index (κ3) is 3.86. The van der Waals surface area contributed by atoms with E-state index in [2.05, 4.69) is 22.1 Å². The zero-order chi connectivity index (χ0) is 21.3. The van der Waals surface area contributed by atoms with Crippen LogP contribution in [0.3, 0.4) is 0 Å². The Labute approximate surface area is 181 Å². The van der Waals surface area contributed by atoms with Gasteiger partial charge in [-0.3, -0.25) is 4.79 Å². The van der Waals surface area contributed by atoms with Crippen molar-refractivity contribution < 1.29 is 9.53 Å². The molecule has 1 aliphatic rings. The molecule has 3 heterocycles. The summed E-state index contributed by atoms with van der Waals surface area (Å²) in [5, 5.41) is 4.06. The molecule has 0 bridgehead atoms. The average molecular weight is 425 g/mol. The van der Waals surface area contributed by atoms with Crippen molar-refractivity contribution >= 4 is 33.3 Å². The number of hydrogen-bond acceptors (Lipinski definition) is 6. The first-order chi connectivity index (χ1) is 14.5. The lowest BCUT2D eigenvalue weighted by Gasteiger charge is -2.35. The molecule has 1 amide bonds. The number of fused-ring (bicyclic) bond motifs is 1. The molecule has 7 heteroatoms. The van der Waals surface area contributed by atoms with Gasteiger partial charge < -0.3 is 15.0 Å². The summed E-state index contributed by atoms with van der Waals surface area (Å²) in [6.45, 7) is 7.60. The second-order valence-corrected chi connectivity index (χ2v) is 8.86. The van der Waals surface area contributed by atoms with Crippen LogP contribution in [0.15, 0.2) is 24.3 Å². The third-order valence-electron chi connectivity index (χ3n) is 5.80. The number of anilines is 1. The lowest BCUT2D eigenvalue weighted by Crippen LogP contribution is -2.38. The number of para-hydroxylation sites is 1. The van der Waals surface area contributed by atoms with Gasteiger partial charge >= 0.3 is 0 Å². The molecule has 1 N–H and O–H groups in total. The van der Waals surface area contributed by atoms with E-state index in [4.69, 9.17) is 9.72 Å². The molecule has 1 aromatic carbocycles. The van der Waals surface area contributed by atoms with Crippen molar-refractivity contribution in [3.63, 3.8) is 0 Å². The van der Waals surface area contributed by atoms with Gasteiger partial charge in [0.1, 0.15) is 22.2 Å². The SMILES string of the molecule is COc1ccccc1CNC(=O)c1sc2nc(C)nc(N3CCCC[C@@H]3C)c2c1C. The normalized spacial score (nSPS) is 16.7. The first-order valence-electron chi connectivity index (χ1n) is 10.4. The molecule has 0 unspecified atom stereocenters. The third-order valence-corrected chi connectivity index (χ3v) is 6.98. The van der Waals surface area contributed by atoms with Crippen LogP contribution in [-0.2, 0) is 6.54 Å². The highest BCUT2D eigenvalue weighted by atomic mass is 32.1. The number of nitrogens with zero attached hydrogens (tertiary/aromatic N) is 3. The van der Waals surface area contributed by atoms with Crippen LogP contribution in [0, 0.1) is 13.8 Å². The number of aryl methyl sites for hydroxylation is 2. The molecule has 1 saturated heterocycles. The van der Waals surface area contributed by atoms with Crippen LogP contribution in [-0.4, -0.2) is 35.6 Å². The first kappa shape index (κ1) is 20.6. The fourth-order valence-electron chi connectivity index (χ4n) is 4.16. The fourth-order valence-corrected chi connectivity index (χ4v) is 5.30. The monoisotopic (exact) mass is 424 g/mol. The van der Waals surface area contributed by atoms with Crippen LogP contribution in [0.2, 0.25) is 0 Å². The maximum atomic E-state index is 13.0. The van der Waals surface area contributed by atoms with Gasteiger partial charge in [0.2, 0.25) is 0 Å². The maximum Gasteiger partial charge on any atom is 0.261 e. The molecule has 0 saturated carbocycles. The number of carbonyl (C=O) groups excluding carboxylic acids is 1. The van der Waals surface area contributed by atoms with Crippen LogP contribution in [0.4, 0.5) is 5.82 Å². The average Bonchev–Trinajstić information content (AvgIpc) is 3.08. The van der Waals surface area contributed by atoms with E-state index in [-0.39, 0.29) is 5.91 Å². The Kier molecular flexibility index (Phi) is 5.90. The van der Waals surface area contributed by atoms with Crippen LogP contribution in [0.5, 0.6) is 5.75 Å². The van der Waals surface area contributed by atoms with E-state index in [1.54, 1.807) is 7.11 Å². The highest BCUT2D eigenvalue weighted by Crippen LogP contribution is 2.37. The quantitative estimate of drug-likeness (QED) is 0.647. The summed E-state index contributed by atoms with van der Waals surface area (Å²) < 4.78 is 5.39. The minimum absolute atomic E-state index is 0.0864. The van der Waals surface area contributed by atoms with Gasteiger partial charge in [-0.25, -0.2) is 9.97 Å². The van der Waals surface area contributed by atoms with E-state index in [9.17, 15) is 4.79 Å². The number of amides is 1. The van der Waals surface area contributed by atoms with E-state index in [1.165, 1.54) is 30.6 Å². The number of piperidine rings is 1. The minimum Gasteiger partial charge on any atom is -0.496 e. The Balaban J connectivity index is 1.66. The molecular weight excluding hydrogens is 396 g/mol. The van der Waals surface area contributed by atoms with E-state index in [0.29, 0.717) is 17.5 Å². The fraction of sp³-hybridized carbons (Fsp3) is 0.435. The number of nitrogens with one attached hydrogen (secondary N) is 1. The smallest absolute Gasteiger partial charge is 0.261 e. The zero-order valence-corrected chi connectivity index (χ0v) is 18.8. The van der Waals surface area contributed by atoms with Crippen molar-refractivity contribution in [2.45, 2.75) is 52.6 Å². The maximum absolute atomic E-state index is 13.0. The molecule has 1 aliphatic heterocycles. The lowest BCUT2D eigenvalue weighted by atomic mass is 10.0. The van der Waals surface area contributed by atoms with E-state index in [0.717, 1.165) is 45.3 Å². The van der Waals surface area contributed by atoms with E-state index in [1.807, 2.05) is 38.1 Å². The van der Waals surface area contributed by atoms with Crippen LogP contribution >= 0.6 is 11.3 Å². The summed E-state index contributed by atoms with van der Waals surface area (Å²) >= 11 is 1.45. The number of ether oxygens (including phenoxy) is 1. The number of carbonyl (C=O) groups is 1. The topological polar surface area (TPSA) is 67.3 Å². The predicted octanol–water partition coefficient (Wildman–Crippen LogP) is 4.63. The predicted molar refractivity (Wildman–Crippen MR) is 122 cm³/mol. The van der Waals surface area contributed by atoms with Gasteiger partial charge in [0.15, 0.2) is 0 Å². The molecule has 0 spiro atoms. The Morgan fingerprint density at radius 3 is 2.83 bits per heavy atom. The molecule has 2 aromatic heterocycles. The van der Waals surface area contributed by atoms with Gasteiger partial charge in [0, 0.05) is 24.7 Å². The van der Waals surface area contributed by atoms with Gasteiger partial charge in [-0.2, -0.15) is 0 Å². The molecule has 1 atom stereocenters. The van der Waals surface area contributed by atoms with Crippen LogP contribution in [0.25, 0.3) is 10.2 Å². The summed E-state index contributed by atoms with van der Waals surface area (Å²) in [4.78, 5) is 26.5. The minimum atomic E-state index is -0.0864. The van der Waals surface area contributed by atoms with Crippen molar-refractivity contribution in [2.24, 2.45) is 0 Å². The molecular formula is C23H28N4O2S. The van der Waals surface area contributed by atoms with Gasteiger partial charge in [0.05, 0.1) is 17.4 Å². The standard InChI is InChI=1S/C23H28N4O2S/c1-14-9-7-8-12-27(14)21-19-15(2)20(30-23(19)26-16(3)25-21)22(28)24-13-17-10-5-6-11-18(17)29-4/h5-6,10-11,14H,7-9,12-13H2,1-4H3,(H,24,28)/t14-/m0/s1. The summed E-state index contributed by atoms with van der Waals surface area (Å²) in [6.07, 6.45) is 3.59. The molecule has 1 fully saturated rings. The van der Waals surface area contributed by atoms with Gasteiger partial charge in [-0.1, -0.05) is 18.2 Å². The molecule has 158 valence electrons. The largest absolute Gasteiger partial charge is 0.496 e. The molecule has 3 aromatic rings. The number of thiophene rings is 1. The first-order valence-corrected chi connectivity index (χ1v) is 11.3. The van der Waals surface area contributed by atoms with Crippen LogP contribution in [0.1, 0.15) is 52.8 Å². The van der Waals surface area contributed by atoms with Gasteiger partial charge in [-0.05, 0) is 51.7 Å². The molecule has 0 radical (unpaired) electrons. The Morgan fingerprint density at radius 1 is 1.27 bits per heavy atom. The summed E-state index contributed by atoms with van der Waals surface area (Å²) in [5.74, 6) is 2.41. The summed E-state index contributed by atoms with van der Waals surface area (Å²) in [5.41, 5.74) is 1.91. The lowest BCUT2D eigenvalue weighted by molar-refractivity contribution is 0.0954. The number of benzene rings is 1. The highest BCUT2D eigenvalue weighted by Gasteiger charge is 2.26. The highest BCUT2D eigenvalue weighted by molar-refractivity contribution is 7.20. The molecule has 0 aliphatic carbocycles. The molecule has 30 heavy (non-hydrogen) atoms. The van der Waals surface area contributed by atoms with E-state index >= 15 is 0 Å². The number of methoxy groups -OCH3 is 1. The van der Waals surface area contributed by atoms with Crippen molar-refractivity contribution in [3.8, 4) is 5.75 Å². The summed E-state index contributed by atoms with van der Waals surface area (Å²) in [7, 11) is 1.64. The van der Waals surface area contributed by atoms with Crippen LogP contribution < -0.4 is 15.0 Å². The number of hydrogen-bond donors (Lipinski definition) is 1. The second-order valence-electron chi connectivity index (χ2n) is 7.86. The van der Waals surface area contributed by atoms with Crippen molar-refractivity contribution in [2.75, 3.05) is 18.6 Å². The van der Waals surface area contributed by atoms with Crippen molar-refractivity contribution in [1.82, 2.24) is 15.3 Å². The second kappa shape index (κ2) is 8.60. The zero-order valence-electron chi connectivity index (χ0n) is 18.0. The number of aromatic nitrogens is 2. The Bertz CT molecular complexity index is 1080. The van der Waals surface area contributed by atoms with Gasteiger partial charge in [0.25, 0.3) is 5.91 Å². The van der Waals surface area contributed by atoms with Crippen molar-refractivity contribution in [1.29, 1.82) is 0 Å². The van der Waals surface area contributed by atoms with Crippen molar-refractivity contribution in [3.05, 3.63) is 46.1 Å². The Morgan fingerprint density at radius 2 is 2.07 bits per heavy atom. The Hall–Kier alpha value is -2.67. The molecule has 6 nitrogen and oxygen atoms in total. The number of rotatable bonds is 5. The van der Waals surface area contributed by atoms with Gasteiger partial charge in [-0.15, -0.1) is 11.3 Å².